The van der Waals surface area contributed by atoms with E-state index in [4.69, 9.17) is 33.0 Å². The Morgan fingerprint density at radius 1 is 1.15 bits per heavy atom. The molecule has 3 fully saturated rings. The largest absolute Gasteiger partial charge is 0.504 e. The van der Waals surface area contributed by atoms with E-state index < -0.39 is 69.4 Å². The number of fused-ring (bicyclic) bond motifs is 4. The number of allylic oxidation sites excluding steroid dienone is 2. The lowest BCUT2D eigenvalue weighted by atomic mass is 9.56. The number of likely N-dealkylation sites (tertiary alicyclic amines) is 2. The summed E-state index contributed by atoms with van der Waals surface area (Å²) in [7, 11) is 1.37. The number of hydrogen-bond donors (Lipinski definition) is 2. The lowest BCUT2D eigenvalue weighted by Gasteiger charge is -2.50. The topological polar surface area (TPSA) is 142 Å². The predicted octanol–water partition coefficient (Wildman–Crippen LogP) is 3.19. The van der Waals surface area contributed by atoms with Crippen molar-refractivity contribution in [1.82, 2.24) is 9.80 Å². The smallest absolute Gasteiger partial charge is 0.305 e. The van der Waals surface area contributed by atoms with Gasteiger partial charge < -0.3 is 14.9 Å². The maximum Gasteiger partial charge on any atom is 0.305 e. The van der Waals surface area contributed by atoms with Crippen LogP contribution in [0, 0.1) is 21.3 Å². The number of carbonyl (C=O) groups excluding carboxylic acids is 4. The van der Waals surface area contributed by atoms with Crippen molar-refractivity contribution in [3.63, 3.8) is 0 Å². The number of carboxylic acids is 1. The molecule has 14 heteroatoms. The van der Waals surface area contributed by atoms with Gasteiger partial charge in [0.2, 0.25) is 11.8 Å². The first kappa shape index (κ1) is 28.6. The van der Waals surface area contributed by atoms with E-state index in [2.05, 4.69) is 15.9 Å². The van der Waals surface area contributed by atoms with Gasteiger partial charge in [-0.05, 0) is 59.0 Å². The first-order valence-corrected chi connectivity index (χ1v) is 14.9. The monoisotopic (exact) mass is 754 g/mol. The van der Waals surface area contributed by atoms with Crippen molar-refractivity contribution in [1.29, 1.82) is 0 Å². The van der Waals surface area contributed by atoms with E-state index in [-0.39, 0.29) is 36.3 Å². The number of alkyl halides is 3. The van der Waals surface area contributed by atoms with Crippen LogP contribution in [-0.2, 0) is 24.0 Å². The highest BCUT2D eigenvalue weighted by Gasteiger charge is 2.76. The molecule has 4 amide bonds. The van der Waals surface area contributed by atoms with Gasteiger partial charge in [0.15, 0.2) is 21.2 Å². The summed E-state index contributed by atoms with van der Waals surface area (Å²) in [6, 6.07) is 3.14. The summed E-state index contributed by atoms with van der Waals surface area (Å²) in [5.41, 5.74) is 0.887. The SMILES string of the molecule is COc1cc([C@H]2C3=CC[C@@H]4C(=O)N(CCC(=O)O)C(=O)[C@@H]4[C@@H]3C[C@@]3(Cl)C(=O)N(CBr)C(=O)[C@@]23Cl)cc(I)c1O. The summed E-state index contributed by atoms with van der Waals surface area (Å²) in [6.45, 7) is -0.265. The van der Waals surface area contributed by atoms with Crippen LogP contribution in [-0.4, -0.2) is 78.5 Å². The summed E-state index contributed by atoms with van der Waals surface area (Å²) >= 11 is 19.4. The quantitative estimate of drug-likeness (QED) is 0.148. The molecule has 1 aromatic rings. The molecule has 208 valence electrons. The van der Waals surface area contributed by atoms with Gasteiger partial charge in [-0.3, -0.25) is 33.8 Å². The summed E-state index contributed by atoms with van der Waals surface area (Å²) < 4.78 is 5.74. The molecule has 1 aromatic carbocycles. The van der Waals surface area contributed by atoms with Crippen molar-refractivity contribution < 1.29 is 38.9 Å². The Morgan fingerprint density at radius 2 is 1.85 bits per heavy atom. The molecule has 0 aromatic heterocycles. The van der Waals surface area contributed by atoms with E-state index >= 15 is 0 Å². The van der Waals surface area contributed by atoms with Crippen molar-refractivity contribution in [2.75, 3.05) is 19.1 Å². The van der Waals surface area contributed by atoms with Crippen LogP contribution in [0.5, 0.6) is 11.5 Å². The molecule has 5 rings (SSSR count). The van der Waals surface area contributed by atoms with Gasteiger partial charge in [-0.15, -0.1) is 23.2 Å². The molecule has 2 aliphatic heterocycles. The second kappa shape index (κ2) is 9.88. The maximum absolute atomic E-state index is 13.8. The van der Waals surface area contributed by atoms with Crippen molar-refractivity contribution in [2.24, 2.45) is 17.8 Å². The van der Waals surface area contributed by atoms with Crippen LogP contribution in [0.15, 0.2) is 23.8 Å². The second-order valence-corrected chi connectivity index (χ2v) is 12.9. The number of benzene rings is 1. The van der Waals surface area contributed by atoms with Crippen molar-refractivity contribution in [3.8, 4) is 11.5 Å². The fourth-order valence-electron chi connectivity index (χ4n) is 6.54. The maximum atomic E-state index is 13.8. The molecule has 2 aliphatic carbocycles. The average Bonchev–Trinajstić information content (AvgIpc) is 3.22. The van der Waals surface area contributed by atoms with Gasteiger partial charge in [0, 0.05) is 12.5 Å². The van der Waals surface area contributed by atoms with Crippen LogP contribution in [0.3, 0.4) is 0 Å². The summed E-state index contributed by atoms with van der Waals surface area (Å²) in [6.07, 6.45) is 1.38. The number of hydrogen-bond acceptors (Lipinski definition) is 7. The molecular weight excluding hydrogens is 734 g/mol. The van der Waals surface area contributed by atoms with Gasteiger partial charge >= 0.3 is 5.97 Å². The highest BCUT2D eigenvalue weighted by Crippen LogP contribution is 2.65. The average molecular weight is 756 g/mol. The van der Waals surface area contributed by atoms with Gasteiger partial charge in [0.1, 0.15) is 0 Å². The normalized spacial score (nSPS) is 33.6. The number of ether oxygens (including phenoxy) is 1. The van der Waals surface area contributed by atoms with E-state index in [1.807, 2.05) is 22.6 Å². The van der Waals surface area contributed by atoms with Gasteiger partial charge in [-0.25, -0.2) is 0 Å². The number of carboxylic acid groups (broad SMARTS) is 1. The molecule has 0 radical (unpaired) electrons. The van der Waals surface area contributed by atoms with Crippen molar-refractivity contribution in [3.05, 3.63) is 32.9 Å². The number of aliphatic carboxylic acids is 1. The molecule has 2 N–H and O–H groups in total. The van der Waals surface area contributed by atoms with Crippen LogP contribution in [0.4, 0.5) is 0 Å². The Morgan fingerprint density at radius 3 is 2.46 bits per heavy atom. The van der Waals surface area contributed by atoms with Gasteiger partial charge in [-0.1, -0.05) is 27.6 Å². The fourth-order valence-corrected chi connectivity index (χ4v) is 8.59. The number of rotatable bonds is 6. The number of halogens is 4. The zero-order chi connectivity index (χ0) is 28.6. The summed E-state index contributed by atoms with van der Waals surface area (Å²) in [5.74, 6) is -6.94. The van der Waals surface area contributed by atoms with Crippen molar-refractivity contribution >= 4 is 91.3 Å². The predicted molar refractivity (Wildman–Crippen MR) is 150 cm³/mol. The zero-order valence-electron chi connectivity index (χ0n) is 20.3. The third-order valence-corrected chi connectivity index (χ3v) is 11.0. The number of imide groups is 2. The highest BCUT2D eigenvalue weighted by atomic mass is 127. The highest BCUT2D eigenvalue weighted by molar-refractivity contribution is 14.1. The molecule has 2 saturated heterocycles. The molecule has 6 atom stereocenters. The third-order valence-electron chi connectivity index (χ3n) is 8.26. The lowest BCUT2D eigenvalue weighted by molar-refractivity contribution is -0.143. The number of methoxy groups -OCH3 is 1. The minimum atomic E-state index is -1.98. The third kappa shape index (κ3) is 3.87. The molecular formula is C25H22BrCl2IN2O8. The van der Waals surface area contributed by atoms with Gasteiger partial charge in [0.05, 0.1) is 34.4 Å². The van der Waals surface area contributed by atoms with Crippen LogP contribution >= 0.6 is 61.7 Å². The summed E-state index contributed by atoms with van der Waals surface area (Å²) in [5, 5.41) is 19.6. The standard InChI is InChI=1S/C25H22BrCl2IN2O8/c1-39-15-7-10(6-14(29)19(15)34)18-11-2-3-12-17(21(36)30(20(12)35)5-4-16(32)33)13(11)8-24(27)22(37)31(9-26)23(38)25(18,24)28/h2,6-7,12-13,17-18,34H,3-5,8-9H2,1H3,(H,32,33)/t12-,13+,17-,18-,24+,25-/m0/s1. The minimum Gasteiger partial charge on any atom is -0.504 e. The first-order valence-electron chi connectivity index (χ1n) is 12.0. The molecule has 2 heterocycles. The summed E-state index contributed by atoms with van der Waals surface area (Å²) in [4.78, 5) is 63.3. The van der Waals surface area contributed by atoms with Gasteiger partial charge in [-0.2, -0.15) is 0 Å². The van der Waals surface area contributed by atoms with E-state index in [9.17, 15) is 29.1 Å². The number of carbonyl (C=O) groups is 5. The second-order valence-electron chi connectivity index (χ2n) is 10.0. The molecule has 10 nitrogen and oxygen atoms in total. The van der Waals surface area contributed by atoms with Crippen molar-refractivity contribution in [2.45, 2.75) is 34.9 Å². The number of phenols is 1. The Balaban J connectivity index is 1.70. The zero-order valence-corrected chi connectivity index (χ0v) is 25.6. The molecule has 0 unspecified atom stereocenters. The van der Waals surface area contributed by atoms with Crippen LogP contribution in [0.25, 0.3) is 0 Å². The molecule has 4 aliphatic rings. The fraction of sp³-hybridized carbons (Fsp3) is 0.480. The van der Waals surface area contributed by atoms with E-state index in [0.29, 0.717) is 14.7 Å². The Hall–Kier alpha value is -1.90. The number of phenolic OH excluding ortho intramolecular Hbond substituents is 1. The molecule has 39 heavy (non-hydrogen) atoms. The number of aromatic hydroxyl groups is 1. The number of nitrogens with zero attached hydrogens (tertiary/aromatic N) is 2. The van der Waals surface area contributed by atoms with Crippen LogP contribution in [0.2, 0.25) is 0 Å². The van der Waals surface area contributed by atoms with E-state index in [0.717, 1.165) is 9.80 Å². The molecule has 0 bridgehead atoms. The molecule has 1 saturated carbocycles. The van der Waals surface area contributed by atoms with Crippen LogP contribution < -0.4 is 4.74 Å². The van der Waals surface area contributed by atoms with Crippen LogP contribution in [0.1, 0.15) is 30.7 Å². The minimum absolute atomic E-state index is 0.116. The molecule has 0 spiro atoms. The first-order chi connectivity index (χ1) is 18.3. The Labute approximate surface area is 254 Å². The lowest BCUT2D eigenvalue weighted by Crippen LogP contribution is -2.60. The van der Waals surface area contributed by atoms with E-state index in [1.54, 1.807) is 12.1 Å². The number of amides is 4. The van der Waals surface area contributed by atoms with Gasteiger partial charge in [0.25, 0.3) is 11.8 Å². The Bertz CT molecular complexity index is 1370. The Kier molecular flexibility index (Phi) is 7.25. The van der Waals surface area contributed by atoms with E-state index in [1.165, 1.54) is 13.2 Å².